The topological polar surface area (TPSA) is 52.0 Å². The van der Waals surface area contributed by atoms with Gasteiger partial charge in [-0.05, 0) is 35.2 Å². The number of nitrogens with one attached hydrogen (secondary N) is 2. The molecule has 0 aliphatic rings. The summed E-state index contributed by atoms with van der Waals surface area (Å²) in [6.45, 7) is 1.09. The number of ether oxygens (including phenoxy) is 2. The summed E-state index contributed by atoms with van der Waals surface area (Å²) in [6, 6.07) is 19.9. The van der Waals surface area contributed by atoms with E-state index in [0.717, 1.165) is 20.9 Å². The maximum Gasteiger partial charge on any atom is 0.275 e. The number of amides is 1. The largest absolute Gasteiger partial charge is 0.493 e. The molecule has 0 aliphatic carbocycles. The van der Waals surface area contributed by atoms with Gasteiger partial charge in [-0.3, -0.25) is 4.79 Å². The molecule has 0 radical (unpaired) electrons. The molecule has 3 aromatic rings. The Morgan fingerprint density at radius 2 is 1.79 bits per heavy atom. The van der Waals surface area contributed by atoms with Gasteiger partial charge in [-0.2, -0.15) is 0 Å². The lowest BCUT2D eigenvalue weighted by Gasteiger charge is -2.20. The standard InChI is InChI=1S/C23H26N2O3S/c1-25(15-17-11-12-19(27-2)20(14-17)28-3)16-22(26)24-23(21-10-7-13-29-21)18-8-5-4-6-9-18/h4-14,23H,15-16H2,1-3H3,(H,24,26)/p+1/t23-/m1/s1. The Bertz CT molecular complexity index is 913. The highest BCUT2D eigenvalue weighted by molar-refractivity contribution is 7.10. The first kappa shape index (κ1) is 20.9. The molecule has 0 fully saturated rings. The van der Waals surface area contributed by atoms with Gasteiger partial charge in [-0.25, -0.2) is 0 Å². The molecule has 29 heavy (non-hydrogen) atoms. The molecule has 0 spiro atoms. The molecular formula is C23H27N2O3S+. The fraction of sp³-hybridized carbons (Fsp3) is 0.261. The van der Waals surface area contributed by atoms with Crippen molar-refractivity contribution < 1.29 is 19.2 Å². The average molecular weight is 412 g/mol. The first-order chi connectivity index (χ1) is 14.1. The van der Waals surface area contributed by atoms with E-state index in [9.17, 15) is 4.79 Å². The highest BCUT2D eigenvalue weighted by atomic mass is 32.1. The van der Waals surface area contributed by atoms with Gasteiger partial charge in [0.1, 0.15) is 6.54 Å². The number of thiophene rings is 1. The number of hydrogen-bond acceptors (Lipinski definition) is 4. The monoisotopic (exact) mass is 411 g/mol. The molecule has 0 bridgehead atoms. The Balaban J connectivity index is 1.64. The molecule has 6 heteroatoms. The smallest absolute Gasteiger partial charge is 0.275 e. The number of carbonyl (C=O) groups is 1. The minimum Gasteiger partial charge on any atom is -0.493 e. The van der Waals surface area contributed by atoms with Crippen molar-refractivity contribution in [3.8, 4) is 11.5 Å². The van der Waals surface area contributed by atoms with Crippen molar-refractivity contribution in [2.75, 3.05) is 27.8 Å². The van der Waals surface area contributed by atoms with Crippen LogP contribution in [-0.4, -0.2) is 33.7 Å². The minimum absolute atomic E-state index is 0.0187. The molecule has 2 N–H and O–H groups in total. The van der Waals surface area contributed by atoms with Crippen molar-refractivity contribution >= 4 is 17.2 Å². The molecule has 1 amide bonds. The molecule has 152 valence electrons. The fourth-order valence-corrected chi connectivity index (χ4v) is 4.11. The lowest BCUT2D eigenvalue weighted by molar-refractivity contribution is -0.885. The second kappa shape index (κ2) is 10.1. The van der Waals surface area contributed by atoms with Gasteiger partial charge in [0.25, 0.3) is 5.91 Å². The van der Waals surface area contributed by atoms with Gasteiger partial charge < -0.3 is 19.7 Å². The molecular weight excluding hydrogens is 384 g/mol. The molecule has 1 unspecified atom stereocenters. The summed E-state index contributed by atoms with van der Waals surface area (Å²) >= 11 is 1.65. The molecule has 0 saturated heterocycles. The normalized spacial score (nSPS) is 12.8. The van der Waals surface area contributed by atoms with Crippen LogP contribution in [0.5, 0.6) is 11.5 Å². The number of quaternary nitrogens is 1. The third kappa shape index (κ3) is 5.59. The van der Waals surface area contributed by atoms with E-state index >= 15 is 0 Å². The summed E-state index contributed by atoms with van der Waals surface area (Å²) in [5, 5.41) is 5.23. The predicted molar refractivity (Wildman–Crippen MR) is 116 cm³/mol. The third-order valence-electron chi connectivity index (χ3n) is 4.68. The van der Waals surface area contributed by atoms with Gasteiger partial charge in [-0.15, -0.1) is 11.3 Å². The van der Waals surface area contributed by atoms with Crippen LogP contribution in [0, 0.1) is 0 Å². The van der Waals surface area contributed by atoms with E-state index < -0.39 is 0 Å². The van der Waals surface area contributed by atoms with Gasteiger partial charge in [-0.1, -0.05) is 36.4 Å². The van der Waals surface area contributed by atoms with Crippen LogP contribution >= 0.6 is 11.3 Å². The number of methoxy groups -OCH3 is 2. The zero-order valence-electron chi connectivity index (χ0n) is 17.0. The summed E-state index contributed by atoms with van der Waals surface area (Å²) < 4.78 is 10.7. The quantitative estimate of drug-likeness (QED) is 0.569. The summed E-state index contributed by atoms with van der Waals surface area (Å²) in [7, 11) is 5.26. The van der Waals surface area contributed by atoms with Crippen molar-refractivity contribution in [3.63, 3.8) is 0 Å². The highest BCUT2D eigenvalue weighted by Gasteiger charge is 2.20. The number of benzene rings is 2. The van der Waals surface area contributed by atoms with Crippen molar-refractivity contribution in [1.82, 2.24) is 5.32 Å². The fourth-order valence-electron chi connectivity index (χ4n) is 3.31. The van der Waals surface area contributed by atoms with E-state index in [2.05, 4.69) is 11.4 Å². The maximum atomic E-state index is 12.8. The Hall–Kier alpha value is -2.83. The Morgan fingerprint density at radius 3 is 2.45 bits per heavy atom. The van der Waals surface area contributed by atoms with Crippen LogP contribution in [0.15, 0.2) is 66.0 Å². The van der Waals surface area contributed by atoms with Crippen molar-refractivity contribution in [2.45, 2.75) is 12.6 Å². The van der Waals surface area contributed by atoms with Crippen molar-refractivity contribution in [2.24, 2.45) is 0 Å². The second-order valence-corrected chi connectivity index (χ2v) is 7.91. The first-order valence-electron chi connectivity index (χ1n) is 9.50. The Morgan fingerprint density at radius 1 is 1.03 bits per heavy atom. The van der Waals surface area contributed by atoms with E-state index in [1.807, 2.05) is 67.0 Å². The lowest BCUT2D eigenvalue weighted by Crippen LogP contribution is -3.08. The van der Waals surface area contributed by atoms with Gasteiger partial charge in [0.2, 0.25) is 0 Å². The number of carbonyl (C=O) groups excluding carboxylic acids is 1. The predicted octanol–water partition coefficient (Wildman–Crippen LogP) is 2.69. The lowest BCUT2D eigenvalue weighted by atomic mass is 10.1. The summed E-state index contributed by atoms with van der Waals surface area (Å²) in [5.74, 6) is 1.42. The molecule has 1 heterocycles. The van der Waals surface area contributed by atoms with Gasteiger partial charge in [0.15, 0.2) is 18.0 Å². The average Bonchev–Trinajstić information content (AvgIpc) is 3.27. The van der Waals surface area contributed by atoms with Crippen LogP contribution < -0.4 is 19.7 Å². The molecule has 0 saturated carbocycles. The van der Waals surface area contributed by atoms with Crippen LogP contribution in [-0.2, 0) is 11.3 Å². The molecule has 1 aromatic heterocycles. The van der Waals surface area contributed by atoms with Crippen LogP contribution in [0.25, 0.3) is 0 Å². The van der Waals surface area contributed by atoms with E-state index in [1.54, 1.807) is 25.6 Å². The van der Waals surface area contributed by atoms with E-state index in [0.29, 0.717) is 24.6 Å². The van der Waals surface area contributed by atoms with Crippen molar-refractivity contribution in [3.05, 3.63) is 82.0 Å². The third-order valence-corrected chi connectivity index (χ3v) is 5.62. The molecule has 2 aromatic carbocycles. The molecule has 2 atom stereocenters. The maximum absolute atomic E-state index is 12.8. The second-order valence-electron chi connectivity index (χ2n) is 6.93. The van der Waals surface area contributed by atoms with Crippen LogP contribution in [0.3, 0.4) is 0 Å². The zero-order chi connectivity index (χ0) is 20.6. The number of hydrogen-bond donors (Lipinski definition) is 2. The Labute approximate surface area is 175 Å². The van der Waals surface area contributed by atoms with E-state index in [4.69, 9.17) is 9.47 Å². The summed E-state index contributed by atoms with van der Waals surface area (Å²) in [4.78, 5) is 15.0. The van der Waals surface area contributed by atoms with Gasteiger partial charge in [0.05, 0.1) is 27.3 Å². The molecule has 0 aliphatic heterocycles. The number of rotatable bonds is 9. The van der Waals surface area contributed by atoms with E-state index in [1.165, 1.54) is 0 Å². The van der Waals surface area contributed by atoms with Gasteiger partial charge >= 0.3 is 0 Å². The Kier molecular flexibility index (Phi) is 7.27. The summed E-state index contributed by atoms with van der Waals surface area (Å²) in [6.07, 6.45) is 0. The number of likely N-dealkylation sites (N-methyl/N-ethyl adjacent to an activating group) is 1. The van der Waals surface area contributed by atoms with Crippen LogP contribution in [0.1, 0.15) is 22.0 Å². The molecule has 5 nitrogen and oxygen atoms in total. The van der Waals surface area contributed by atoms with Crippen LogP contribution in [0.2, 0.25) is 0 Å². The minimum atomic E-state index is -0.127. The molecule has 3 rings (SSSR count). The summed E-state index contributed by atoms with van der Waals surface area (Å²) in [5.41, 5.74) is 2.17. The van der Waals surface area contributed by atoms with E-state index in [-0.39, 0.29) is 11.9 Å². The van der Waals surface area contributed by atoms with Crippen LogP contribution in [0.4, 0.5) is 0 Å². The highest BCUT2D eigenvalue weighted by Crippen LogP contribution is 2.27. The first-order valence-corrected chi connectivity index (χ1v) is 10.4. The van der Waals surface area contributed by atoms with Gasteiger partial charge in [0, 0.05) is 10.4 Å². The van der Waals surface area contributed by atoms with Crippen molar-refractivity contribution in [1.29, 1.82) is 0 Å². The zero-order valence-corrected chi connectivity index (χ0v) is 17.8. The SMILES string of the molecule is COc1ccc(C[NH+](C)CC(=O)N[C@H](c2ccccc2)c2cccs2)cc1OC.